The zero-order chi connectivity index (χ0) is 13.8. The monoisotopic (exact) mass is 281 g/mol. The highest BCUT2D eigenvalue weighted by Crippen LogP contribution is 2.23. The molecule has 0 spiro atoms. The lowest BCUT2D eigenvalue weighted by Gasteiger charge is -2.07. The van der Waals surface area contributed by atoms with Crippen LogP contribution in [-0.2, 0) is 17.2 Å². The van der Waals surface area contributed by atoms with Crippen LogP contribution in [0.25, 0.3) is 11.0 Å². The third kappa shape index (κ3) is 2.98. The summed E-state index contributed by atoms with van der Waals surface area (Å²) in [6.07, 6.45) is 1.04. The largest absolute Gasteiger partial charge is 0.497 e. The van der Waals surface area contributed by atoms with Crippen LogP contribution in [0.2, 0.25) is 0 Å². The van der Waals surface area contributed by atoms with Crippen molar-refractivity contribution < 1.29 is 9.53 Å². The minimum atomic E-state index is -0.293. The molecule has 0 bridgehead atoms. The van der Waals surface area contributed by atoms with Crippen LogP contribution in [0.3, 0.4) is 0 Å². The summed E-state index contributed by atoms with van der Waals surface area (Å²) in [4.78, 5) is 15.3. The van der Waals surface area contributed by atoms with Crippen molar-refractivity contribution in [3.63, 3.8) is 0 Å². The van der Waals surface area contributed by atoms with E-state index < -0.39 is 0 Å². The van der Waals surface area contributed by atoms with E-state index in [9.17, 15) is 4.79 Å². The topological polar surface area (TPSA) is 70.1 Å². The van der Waals surface area contributed by atoms with Crippen molar-refractivity contribution in [2.24, 2.45) is 5.73 Å². The molecule has 0 radical (unpaired) electrons. The third-order valence-electron chi connectivity index (χ3n) is 2.96. The number of rotatable bonds is 6. The van der Waals surface area contributed by atoms with Crippen molar-refractivity contribution in [2.75, 3.05) is 7.11 Å². The van der Waals surface area contributed by atoms with Crippen LogP contribution >= 0.6 is 11.6 Å². The number of hydrogen-bond donors (Lipinski definition) is 1. The van der Waals surface area contributed by atoms with E-state index >= 15 is 0 Å². The highest BCUT2D eigenvalue weighted by Gasteiger charge is 2.10. The van der Waals surface area contributed by atoms with Crippen LogP contribution in [-0.4, -0.2) is 22.6 Å². The Morgan fingerprint density at radius 2 is 2.32 bits per heavy atom. The number of nitrogens with zero attached hydrogens (tertiary/aromatic N) is 2. The van der Waals surface area contributed by atoms with Crippen molar-refractivity contribution in [2.45, 2.75) is 25.3 Å². The number of ether oxygens (including phenoxy) is 1. The summed E-state index contributed by atoms with van der Waals surface area (Å²) in [6, 6.07) is 5.70. The van der Waals surface area contributed by atoms with Gasteiger partial charge in [-0.05, 0) is 18.6 Å². The number of benzene rings is 1. The molecule has 6 heteroatoms. The normalized spacial score (nSPS) is 10.8. The maximum absolute atomic E-state index is 10.8. The zero-order valence-electron chi connectivity index (χ0n) is 10.7. The molecule has 19 heavy (non-hydrogen) atoms. The predicted octanol–water partition coefficient (Wildman–Crippen LogP) is 2.05. The molecule has 0 atom stereocenters. The van der Waals surface area contributed by atoms with E-state index in [4.69, 9.17) is 22.1 Å². The predicted molar refractivity (Wildman–Crippen MR) is 74.3 cm³/mol. The fourth-order valence-corrected chi connectivity index (χ4v) is 2.25. The summed E-state index contributed by atoms with van der Waals surface area (Å²) >= 11 is 5.91. The second-order valence-corrected chi connectivity index (χ2v) is 4.51. The Morgan fingerprint density at radius 1 is 1.53 bits per heavy atom. The lowest BCUT2D eigenvalue weighted by molar-refractivity contribution is -0.118. The number of carbonyl (C=O) groups excluding carboxylic acids is 1. The van der Waals surface area contributed by atoms with Crippen LogP contribution in [0.1, 0.15) is 18.7 Å². The second-order valence-electron chi connectivity index (χ2n) is 4.24. The van der Waals surface area contributed by atoms with Crippen molar-refractivity contribution in [1.82, 2.24) is 9.55 Å². The van der Waals surface area contributed by atoms with Gasteiger partial charge in [0.25, 0.3) is 0 Å². The number of hydrogen-bond acceptors (Lipinski definition) is 3. The number of methoxy groups -OCH3 is 1. The first-order valence-corrected chi connectivity index (χ1v) is 6.56. The molecule has 5 nitrogen and oxygen atoms in total. The van der Waals surface area contributed by atoms with Gasteiger partial charge in [0.2, 0.25) is 5.91 Å². The zero-order valence-corrected chi connectivity index (χ0v) is 11.5. The molecule has 2 rings (SSSR count). The Hall–Kier alpha value is -1.75. The summed E-state index contributed by atoms with van der Waals surface area (Å²) in [5.41, 5.74) is 6.98. The lowest BCUT2D eigenvalue weighted by atomic mass is 10.2. The number of aryl methyl sites for hydroxylation is 1. The highest BCUT2D eigenvalue weighted by atomic mass is 35.5. The smallest absolute Gasteiger partial charge is 0.217 e. The number of carbonyl (C=O) groups is 1. The average Bonchev–Trinajstić information content (AvgIpc) is 2.75. The Labute approximate surface area is 116 Å². The minimum absolute atomic E-state index is 0.293. The van der Waals surface area contributed by atoms with E-state index in [0.717, 1.165) is 22.6 Å². The van der Waals surface area contributed by atoms with E-state index in [1.807, 2.05) is 22.8 Å². The highest BCUT2D eigenvalue weighted by molar-refractivity contribution is 6.16. The second kappa shape index (κ2) is 5.93. The first-order valence-electron chi connectivity index (χ1n) is 6.03. The molecule has 0 saturated carbocycles. The summed E-state index contributed by atoms with van der Waals surface area (Å²) in [5, 5.41) is 0. The number of fused-ring (bicyclic) bond motifs is 1. The van der Waals surface area contributed by atoms with Gasteiger partial charge in [0, 0.05) is 19.0 Å². The van der Waals surface area contributed by atoms with E-state index in [-0.39, 0.29) is 5.91 Å². The summed E-state index contributed by atoms with van der Waals surface area (Å²) in [6.45, 7) is 0.674. The Morgan fingerprint density at radius 3 is 2.95 bits per heavy atom. The fraction of sp³-hybridized carbons (Fsp3) is 0.385. The van der Waals surface area contributed by atoms with Crippen LogP contribution in [0.5, 0.6) is 5.75 Å². The lowest BCUT2D eigenvalue weighted by Crippen LogP contribution is -2.12. The number of primary amides is 1. The quantitative estimate of drug-likeness (QED) is 0.824. The first-order chi connectivity index (χ1) is 9.15. The maximum atomic E-state index is 10.8. The summed E-state index contributed by atoms with van der Waals surface area (Å²) in [7, 11) is 1.62. The van der Waals surface area contributed by atoms with Crippen LogP contribution < -0.4 is 10.5 Å². The molecule has 1 heterocycles. The fourth-order valence-electron chi connectivity index (χ4n) is 2.05. The van der Waals surface area contributed by atoms with Gasteiger partial charge < -0.3 is 15.0 Å². The van der Waals surface area contributed by atoms with Gasteiger partial charge in [0.05, 0.1) is 24.0 Å². The van der Waals surface area contributed by atoms with Crippen molar-refractivity contribution >= 4 is 28.5 Å². The summed E-state index contributed by atoms with van der Waals surface area (Å²) < 4.78 is 7.19. The molecule has 0 saturated heterocycles. The van der Waals surface area contributed by atoms with Crippen molar-refractivity contribution in [3.8, 4) is 5.75 Å². The van der Waals surface area contributed by atoms with Gasteiger partial charge in [-0.25, -0.2) is 4.98 Å². The van der Waals surface area contributed by atoms with Gasteiger partial charge in [-0.2, -0.15) is 0 Å². The van der Waals surface area contributed by atoms with Gasteiger partial charge in [0.1, 0.15) is 11.6 Å². The standard InChI is InChI=1S/C13H16ClN3O2/c1-19-9-4-5-11-10(7-9)16-13(8-14)17(11)6-2-3-12(15)18/h4-5,7H,2-3,6,8H2,1H3,(H2,15,18). The van der Waals surface area contributed by atoms with Crippen LogP contribution in [0.4, 0.5) is 0 Å². The Bertz CT molecular complexity index is 595. The van der Waals surface area contributed by atoms with E-state index in [0.29, 0.717) is 25.3 Å². The molecule has 1 aromatic carbocycles. The van der Waals surface area contributed by atoms with Gasteiger partial charge in [-0.15, -0.1) is 11.6 Å². The number of halogens is 1. The van der Waals surface area contributed by atoms with Crippen molar-refractivity contribution in [3.05, 3.63) is 24.0 Å². The van der Waals surface area contributed by atoms with Gasteiger partial charge in [-0.3, -0.25) is 4.79 Å². The molecule has 1 aromatic heterocycles. The minimum Gasteiger partial charge on any atom is -0.497 e. The Kier molecular flexibility index (Phi) is 4.27. The molecule has 1 amide bonds. The molecule has 2 N–H and O–H groups in total. The first kappa shape index (κ1) is 13.7. The van der Waals surface area contributed by atoms with E-state index in [1.165, 1.54) is 0 Å². The Balaban J connectivity index is 2.32. The number of nitrogens with two attached hydrogens (primary N) is 1. The van der Waals surface area contributed by atoms with Gasteiger partial charge >= 0.3 is 0 Å². The molecular weight excluding hydrogens is 266 g/mol. The van der Waals surface area contributed by atoms with Crippen LogP contribution in [0, 0.1) is 0 Å². The molecule has 2 aromatic rings. The number of imidazole rings is 1. The number of alkyl halides is 1. The maximum Gasteiger partial charge on any atom is 0.217 e. The average molecular weight is 282 g/mol. The van der Waals surface area contributed by atoms with Gasteiger partial charge in [0.15, 0.2) is 0 Å². The molecular formula is C13H16ClN3O2. The number of amides is 1. The molecule has 102 valence electrons. The third-order valence-corrected chi connectivity index (χ3v) is 3.20. The molecule has 0 fully saturated rings. The molecule has 0 aliphatic heterocycles. The molecule has 0 aliphatic rings. The van der Waals surface area contributed by atoms with Gasteiger partial charge in [-0.1, -0.05) is 0 Å². The SMILES string of the molecule is COc1ccc2c(c1)nc(CCl)n2CCCC(N)=O. The summed E-state index contributed by atoms with van der Waals surface area (Å²) in [5.74, 6) is 1.58. The molecule has 0 unspecified atom stereocenters. The molecule has 0 aliphatic carbocycles. The van der Waals surface area contributed by atoms with E-state index in [2.05, 4.69) is 4.98 Å². The van der Waals surface area contributed by atoms with Crippen LogP contribution in [0.15, 0.2) is 18.2 Å². The number of aromatic nitrogens is 2. The van der Waals surface area contributed by atoms with E-state index in [1.54, 1.807) is 7.11 Å². The van der Waals surface area contributed by atoms with Crippen molar-refractivity contribution in [1.29, 1.82) is 0 Å².